The molecule has 2 aromatic heterocycles. The van der Waals surface area contributed by atoms with Crippen molar-refractivity contribution in [3.05, 3.63) is 34.5 Å². The molecule has 4 rings (SSSR count). The number of alkyl halides is 3. The van der Waals surface area contributed by atoms with Crippen LogP contribution >= 0.6 is 0 Å². The third kappa shape index (κ3) is 2.91. The van der Waals surface area contributed by atoms with Crippen LogP contribution in [-0.4, -0.2) is 44.0 Å². The van der Waals surface area contributed by atoms with E-state index in [1.54, 1.807) is 13.0 Å². The molecule has 2 aromatic rings. The second-order valence-corrected chi connectivity index (χ2v) is 7.51. The van der Waals surface area contributed by atoms with Gasteiger partial charge in [-0.1, -0.05) is 12.1 Å². The lowest BCUT2D eigenvalue weighted by atomic mass is 9.87. The molecule has 10 heteroatoms. The number of halogens is 3. The second kappa shape index (κ2) is 5.82. The van der Waals surface area contributed by atoms with Crippen LogP contribution in [0.15, 0.2) is 10.6 Å². The van der Waals surface area contributed by atoms with Crippen LogP contribution in [0.25, 0.3) is 0 Å². The first-order valence-corrected chi connectivity index (χ1v) is 8.72. The largest absolute Gasteiger partial charge is 0.422 e. The smallest absolute Gasteiger partial charge is 0.375 e. The van der Waals surface area contributed by atoms with Gasteiger partial charge in [0.15, 0.2) is 5.76 Å². The van der Waals surface area contributed by atoms with Gasteiger partial charge in [0.1, 0.15) is 11.4 Å². The average molecular weight is 384 g/mol. The lowest BCUT2D eigenvalue weighted by Gasteiger charge is -2.32. The Labute approximate surface area is 152 Å². The first-order chi connectivity index (χ1) is 12.6. The van der Waals surface area contributed by atoms with Crippen LogP contribution in [0.2, 0.25) is 0 Å². The SMILES string of the molecule is C[C@H]1CN(C(=O)c2cc(C3CC3)n[nH]2)Cc2onc(C(C)(O)C(F)(F)F)c21. The Morgan fingerprint density at radius 3 is 2.74 bits per heavy atom. The predicted molar refractivity (Wildman–Crippen MR) is 85.8 cm³/mol. The van der Waals surface area contributed by atoms with Gasteiger partial charge in [-0.2, -0.15) is 18.3 Å². The molecule has 1 aliphatic heterocycles. The molecule has 1 fully saturated rings. The molecule has 146 valence electrons. The van der Waals surface area contributed by atoms with Gasteiger partial charge >= 0.3 is 6.18 Å². The van der Waals surface area contributed by atoms with Gasteiger partial charge in [0, 0.05) is 23.9 Å². The van der Waals surface area contributed by atoms with E-state index in [0.717, 1.165) is 18.5 Å². The molecule has 1 aliphatic carbocycles. The van der Waals surface area contributed by atoms with E-state index in [0.29, 0.717) is 18.5 Å². The van der Waals surface area contributed by atoms with Crippen molar-refractivity contribution >= 4 is 5.91 Å². The molecule has 2 aliphatic rings. The molecule has 0 bridgehead atoms. The Balaban J connectivity index is 1.59. The topological polar surface area (TPSA) is 95.3 Å². The number of hydrogen-bond acceptors (Lipinski definition) is 5. The molecule has 1 amide bonds. The van der Waals surface area contributed by atoms with Crippen molar-refractivity contribution in [2.24, 2.45) is 0 Å². The molecule has 7 nitrogen and oxygen atoms in total. The van der Waals surface area contributed by atoms with E-state index in [2.05, 4.69) is 15.4 Å². The minimum Gasteiger partial charge on any atom is -0.375 e. The summed E-state index contributed by atoms with van der Waals surface area (Å²) in [5, 5.41) is 20.3. The van der Waals surface area contributed by atoms with E-state index in [1.807, 2.05) is 0 Å². The van der Waals surface area contributed by atoms with Crippen LogP contribution in [-0.2, 0) is 12.1 Å². The van der Waals surface area contributed by atoms with Crippen LogP contribution < -0.4 is 0 Å². The highest BCUT2D eigenvalue weighted by Gasteiger charge is 2.55. The number of carbonyl (C=O) groups excluding carboxylic acids is 1. The van der Waals surface area contributed by atoms with Gasteiger partial charge in [-0.3, -0.25) is 9.89 Å². The molecule has 1 unspecified atom stereocenters. The van der Waals surface area contributed by atoms with E-state index < -0.39 is 23.4 Å². The Kier molecular flexibility index (Phi) is 3.88. The van der Waals surface area contributed by atoms with Crippen molar-refractivity contribution in [3.8, 4) is 0 Å². The van der Waals surface area contributed by atoms with E-state index in [9.17, 15) is 23.1 Å². The van der Waals surface area contributed by atoms with Crippen molar-refractivity contribution in [3.63, 3.8) is 0 Å². The molecule has 0 spiro atoms. The van der Waals surface area contributed by atoms with Gasteiger partial charge in [0.05, 0.1) is 12.2 Å². The number of hydrogen-bond donors (Lipinski definition) is 2. The number of H-pyrrole nitrogens is 1. The van der Waals surface area contributed by atoms with Crippen LogP contribution in [0.4, 0.5) is 13.2 Å². The Hall–Kier alpha value is -2.36. The fraction of sp³-hybridized carbons (Fsp3) is 0.588. The highest BCUT2D eigenvalue weighted by molar-refractivity contribution is 5.92. The van der Waals surface area contributed by atoms with Crippen LogP contribution in [0, 0.1) is 0 Å². The molecule has 0 radical (unpaired) electrons. The third-order valence-electron chi connectivity index (χ3n) is 5.25. The lowest BCUT2D eigenvalue weighted by molar-refractivity contribution is -0.261. The maximum atomic E-state index is 13.2. The first kappa shape index (κ1) is 18.0. The second-order valence-electron chi connectivity index (χ2n) is 7.51. The highest BCUT2D eigenvalue weighted by Crippen LogP contribution is 2.44. The maximum Gasteiger partial charge on any atom is 0.422 e. The number of nitrogens with zero attached hydrogens (tertiary/aromatic N) is 3. The van der Waals surface area contributed by atoms with E-state index in [-0.39, 0.29) is 30.3 Å². The highest BCUT2D eigenvalue weighted by atomic mass is 19.4. The number of fused-ring (bicyclic) bond motifs is 1. The van der Waals surface area contributed by atoms with E-state index in [1.165, 1.54) is 4.90 Å². The van der Waals surface area contributed by atoms with Gasteiger partial charge in [-0.15, -0.1) is 0 Å². The molecule has 27 heavy (non-hydrogen) atoms. The first-order valence-electron chi connectivity index (χ1n) is 8.72. The Bertz CT molecular complexity index is 882. The van der Waals surface area contributed by atoms with E-state index in [4.69, 9.17) is 4.52 Å². The minimum absolute atomic E-state index is 0.0166. The Morgan fingerprint density at radius 2 is 2.11 bits per heavy atom. The van der Waals surface area contributed by atoms with Crippen molar-refractivity contribution in [1.82, 2.24) is 20.3 Å². The average Bonchev–Trinajstić information content (AvgIpc) is 3.15. The fourth-order valence-electron chi connectivity index (χ4n) is 3.46. The van der Waals surface area contributed by atoms with Crippen LogP contribution in [0.1, 0.15) is 71.7 Å². The summed E-state index contributed by atoms with van der Waals surface area (Å²) in [6.07, 6.45) is -2.77. The summed E-state index contributed by atoms with van der Waals surface area (Å²) < 4.78 is 44.6. The maximum absolute atomic E-state index is 13.2. The normalized spacial score (nSPS) is 22.4. The van der Waals surface area contributed by atoms with E-state index >= 15 is 0 Å². The van der Waals surface area contributed by atoms with Crippen molar-refractivity contribution in [2.45, 2.75) is 56.8 Å². The molecule has 2 atom stereocenters. The molecule has 1 saturated carbocycles. The van der Waals surface area contributed by atoms with Crippen LogP contribution in [0.3, 0.4) is 0 Å². The zero-order valence-electron chi connectivity index (χ0n) is 14.8. The molecule has 0 saturated heterocycles. The molecule has 2 N–H and O–H groups in total. The molecule has 0 aromatic carbocycles. The summed E-state index contributed by atoms with van der Waals surface area (Å²) in [7, 11) is 0. The number of aliphatic hydroxyl groups is 1. The van der Waals surface area contributed by atoms with Gasteiger partial charge in [-0.05, 0) is 25.8 Å². The number of carbonyl (C=O) groups is 1. The van der Waals surface area contributed by atoms with Gasteiger partial charge in [0.2, 0.25) is 5.60 Å². The molecular formula is C17H19F3N4O3. The van der Waals surface area contributed by atoms with Crippen molar-refractivity contribution in [1.29, 1.82) is 0 Å². The minimum atomic E-state index is -4.89. The fourth-order valence-corrected chi connectivity index (χ4v) is 3.46. The number of amides is 1. The van der Waals surface area contributed by atoms with Gasteiger partial charge < -0.3 is 14.5 Å². The summed E-state index contributed by atoms with van der Waals surface area (Å²) in [4.78, 5) is 14.2. The number of nitrogens with one attached hydrogen (secondary N) is 1. The summed E-state index contributed by atoms with van der Waals surface area (Å²) in [6.45, 7) is 2.50. The molecule has 3 heterocycles. The van der Waals surface area contributed by atoms with Gasteiger partial charge in [-0.25, -0.2) is 0 Å². The Morgan fingerprint density at radius 1 is 1.41 bits per heavy atom. The monoisotopic (exact) mass is 384 g/mol. The lowest BCUT2D eigenvalue weighted by Crippen LogP contribution is -2.42. The summed E-state index contributed by atoms with van der Waals surface area (Å²) >= 11 is 0. The zero-order valence-corrected chi connectivity index (χ0v) is 14.8. The van der Waals surface area contributed by atoms with Crippen molar-refractivity contribution in [2.75, 3.05) is 6.54 Å². The van der Waals surface area contributed by atoms with Gasteiger partial charge in [0.25, 0.3) is 5.91 Å². The van der Waals surface area contributed by atoms with Crippen molar-refractivity contribution < 1.29 is 27.6 Å². The quantitative estimate of drug-likeness (QED) is 0.849. The summed E-state index contributed by atoms with van der Waals surface area (Å²) in [5.41, 5.74) is -2.25. The predicted octanol–water partition coefficient (Wildman–Crippen LogP) is 2.80. The number of aromatic amines is 1. The van der Waals surface area contributed by atoms with Crippen LogP contribution in [0.5, 0.6) is 0 Å². The third-order valence-corrected chi connectivity index (χ3v) is 5.25. The zero-order chi connectivity index (χ0) is 19.6. The molecular weight excluding hydrogens is 365 g/mol. The number of aromatic nitrogens is 3. The summed E-state index contributed by atoms with van der Waals surface area (Å²) in [6, 6.07) is 1.72. The summed E-state index contributed by atoms with van der Waals surface area (Å²) in [5.74, 6) is -0.217. The number of rotatable bonds is 3. The standard InChI is InChI=1S/C17H19F3N4O3/c1-8-6-24(15(25)11-5-10(21-22-11)9-3-4-9)7-12-13(8)14(23-27-12)16(2,26)17(18,19)20/h5,8-9,26H,3-4,6-7H2,1-2H3,(H,21,22)/t8-,16?/m0/s1.